The van der Waals surface area contributed by atoms with Crippen LogP contribution in [0, 0.1) is 22.7 Å². The van der Waals surface area contributed by atoms with E-state index in [1.54, 1.807) is 24.3 Å². The van der Waals surface area contributed by atoms with Gasteiger partial charge < -0.3 is 4.74 Å². The third-order valence-corrected chi connectivity index (χ3v) is 2.23. The predicted molar refractivity (Wildman–Crippen MR) is 67.6 cm³/mol. The SMILES string of the molecule is CCOc1ccc(Br)cc1NN=C(C#N)C#N. The number of anilines is 1. The van der Waals surface area contributed by atoms with Crippen LogP contribution in [0.3, 0.4) is 0 Å². The first-order chi connectivity index (χ1) is 8.21. The maximum Gasteiger partial charge on any atom is 0.237 e. The molecular formula is C11H9BrN4O. The lowest BCUT2D eigenvalue weighted by Gasteiger charge is -2.09. The van der Waals surface area contributed by atoms with Gasteiger partial charge in [0.05, 0.1) is 12.3 Å². The molecule has 17 heavy (non-hydrogen) atoms. The monoisotopic (exact) mass is 292 g/mol. The Balaban J connectivity index is 2.97. The highest BCUT2D eigenvalue weighted by Gasteiger charge is 2.04. The summed E-state index contributed by atoms with van der Waals surface area (Å²) in [5.41, 5.74) is 2.97. The Labute approximate surface area is 107 Å². The Hall–Kier alpha value is -2.05. The van der Waals surface area contributed by atoms with Crippen molar-refractivity contribution >= 4 is 27.3 Å². The first-order valence-corrected chi connectivity index (χ1v) is 5.56. The van der Waals surface area contributed by atoms with Crippen LogP contribution in [0.5, 0.6) is 5.75 Å². The third-order valence-electron chi connectivity index (χ3n) is 1.74. The lowest BCUT2D eigenvalue weighted by Crippen LogP contribution is -2.00. The molecule has 0 spiro atoms. The third kappa shape index (κ3) is 3.78. The lowest BCUT2D eigenvalue weighted by molar-refractivity contribution is 0.341. The van der Waals surface area contributed by atoms with Gasteiger partial charge in [0.25, 0.3) is 0 Å². The fraction of sp³-hybridized carbons (Fsp3) is 0.182. The summed E-state index contributed by atoms with van der Waals surface area (Å²) in [6, 6.07) is 8.67. The van der Waals surface area contributed by atoms with Gasteiger partial charge in [-0.3, -0.25) is 5.43 Å². The second kappa shape index (κ2) is 6.51. The van der Waals surface area contributed by atoms with Crippen LogP contribution in [0.2, 0.25) is 0 Å². The number of nitrogens with zero attached hydrogens (tertiary/aromatic N) is 3. The molecule has 0 aliphatic heterocycles. The highest BCUT2D eigenvalue weighted by molar-refractivity contribution is 9.10. The molecule has 0 amide bonds. The molecule has 0 bridgehead atoms. The van der Waals surface area contributed by atoms with E-state index in [2.05, 4.69) is 26.5 Å². The quantitative estimate of drug-likeness (QED) is 0.683. The fourth-order valence-electron chi connectivity index (χ4n) is 1.06. The topological polar surface area (TPSA) is 81.2 Å². The van der Waals surface area contributed by atoms with Crippen molar-refractivity contribution in [2.24, 2.45) is 5.10 Å². The summed E-state index contributed by atoms with van der Waals surface area (Å²) < 4.78 is 6.21. The number of nitrogens with one attached hydrogen (secondary N) is 1. The molecule has 0 aromatic heterocycles. The zero-order chi connectivity index (χ0) is 12.7. The number of hydrazone groups is 1. The van der Waals surface area contributed by atoms with E-state index >= 15 is 0 Å². The molecule has 5 nitrogen and oxygen atoms in total. The van der Waals surface area contributed by atoms with Crippen LogP contribution in [-0.4, -0.2) is 12.3 Å². The van der Waals surface area contributed by atoms with Gasteiger partial charge in [0, 0.05) is 4.47 Å². The van der Waals surface area contributed by atoms with Crippen LogP contribution in [-0.2, 0) is 0 Å². The van der Waals surface area contributed by atoms with Crippen molar-refractivity contribution in [3.05, 3.63) is 22.7 Å². The zero-order valence-corrected chi connectivity index (χ0v) is 10.7. The van der Waals surface area contributed by atoms with Crippen molar-refractivity contribution in [2.75, 3.05) is 12.0 Å². The molecule has 0 radical (unpaired) electrons. The minimum Gasteiger partial charge on any atom is -0.492 e. The molecule has 0 fully saturated rings. The van der Waals surface area contributed by atoms with Gasteiger partial charge >= 0.3 is 0 Å². The first-order valence-electron chi connectivity index (χ1n) is 4.77. The van der Waals surface area contributed by atoms with Crippen LogP contribution < -0.4 is 10.2 Å². The van der Waals surface area contributed by atoms with E-state index in [-0.39, 0.29) is 5.71 Å². The molecule has 0 aliphatic rings. The van der Waals surface area contributed by atoms with Crippen LogP contribution in [0.25, 0.3) is 0 Å². The summed E-state index contributed by atoms with van der Waals surface area (Å²) >= 11 is 3.31. The van der Waals surface area contributed by atoms with Gasteiger partial charge in [-0.1, -0.05) is 15.9 Å². The highest BCUT2D eigenvalue weighted by atomic mass is 79.9. The number of halogens is 1. The van der Waals surface area contributed by atoms with E-state index in [9.17, 15) is 0 Å². The molecule has 0 aliphatic carbocycles. The number of rotatable bonds is 4. The Morgan fingerprint density at radius 2 is 2.18 bits per heavy atom. The molecule has 0 saturated carbocycles. The van der Waals surface area contributed by atoms with Gasteiger partial charge in [-0.25, -0.2) is 0 Å². The van der Waals surface area contributed by atoms with Gasteiger partial charge in [0.1, 0.15) is 17.9 Å². The van der Waals surface area contributed by atoms with E-state index in [1.807, 2.05) is 13.0 Å². The number of nitriles is 2. The summed E-state index contributed by atoms with van der Waals surface area (Å²) in [7, 11) is 0. The van der Waals surface area contributed by atoms with E-state index < -0.39 is 0 Å². The van der Waals surface area contributed by atoms with Crippen LogP contribution >= 0.6 is 15.9 Å². The standard InChI is InChI=1S/C11H9BrN4O/c1-2-17-11-4-3-8(12)5-10(11)16-15-9(6-13)7-14/h3-5,16H,2H2,1H3. The van der Waals surface area contributed by atoms with E-state index in [0.717, 1.165) is 4.47 Å². The number of benzene rings is 1. The van der Waals surface area contributed by atoms with Crippen molar-refractivity contribution in [1.82, 2.24) is 0 Å². The van der Waals surface area contributed by atoms with Crippen molar-refractivity contribution < 1.29 is 4.74 Å². The van der Waals surface area contributed by atoms with Crippen molar-refractivity contribution in [3.63, 3.8) is 0 Å². The molecule has 86 valence electrons. The molecule has 0 atom stereocenters. The molecule has 1 N–H and O–H groups in total. The molecule has 1 rings (SSSR count). The minimum atomic E-state index is -0.243. The van der Waals surface area contributed by atoms with Crippen molar-refractivity contribution in [1.29, 1.82) is 10.5 Å². The van der Waals surface area contributed by atoms with E-state index in [0.29, 0.717) is 18.0 Å². The number of hydrogen-bond donors (Lipinski definition) is 1. The van der Waals surface area contributed by atoms with Gasteiger partial charge in [0.2, 0.25) is 5.71 Å². The second-order valence-corrected chi connectivity index (χ2v) is 3.78. The van der Waals surface area contributed by atoms with Crippen LogP contribution in [0.1, 0.15) is 6.92 Å². The van der Waals surface area contributed by atoms with Gasteiger partial charge in [-0.05, 0) is 25.1 Å². The maximum atomic E-state index is 8.55. The largest absolute Gasteiger partial charge is 0.492 e. The molecule has 6 heteroatoms. The van der Waals surface area contributed by atoms with Crippen molar-refractivity contribution in [2.45, 2.75) is 6.92 Å². The first kappa shape index (κ1) is 13.0. The summed E-state index contributed by atoms with van der Waals surface area (Å²) in [5.74, 6) is 0.606. The fourth-order valence-corrected chi connectivity index (χ4v) is 1.42. The summed E-state index contributed by atoms with van der Waals surface area (Å²) in [6.45, 7) is 2.38. The summed E-state index contributed by atoms with van der Waals surface area (Å²) in [5, 5.41) is 20.8. The Morgan fingerprint density at radius 1 is 1.47 bits per heavy atom. The number of hydrogen-bond acceptors (Lipinski definition) is 5. The van der Waals surface area contributed by atoms with Crippen LogP contribution in [0.4, 0.5) is 5.69 Å². The van der Waals surface area contributed by atoms with Gasteiger partial charge in [-0.2, -0.15) is 15.6 Å². The molecule has 0 saturated heterocycles. The van der Waals surface area contributed by atoms with E-state index in [4.69, 9.17) is 15.3 Å². The Morgan fingerprint density at radius 3 is 2.76 bits per heavy atom. The molecular weight excluding hydrogens is 284 g/mol. The smallest absolute Gasteiger partial charge is 0.237 e. The van der Waals surface area contributed by atoms with Gasteiger partial charge in [0.15, 0.2) is 0 Å². The minimum absolute atomic E-state index is 0.243. The molecule has 1 aromatic rings. The number of ether oxygens (including phenoxy) is 1. The molecule has 1 aromatic carbocycles. The maximum absolute atomic E-state index is 8.55. The zero-order valence-electron chi connectivity index (χ0n) is 9.07. The normalized spacial score (nSPS) is 8.71. The van der Waals surface area contributed by atoms with Crippen LogP contribution in [0.15, 0.2) is 27.8 Å². The second-order valence-electron chi connectivity index (χ2n) is 2.87. The Bertz CT molecular complexity index is 497. The highest BCUT2D eigenvalue weighted by Crippen LogP contribution is 2.28. The van der Waals surface area contributed by atoms with Gasteiger partial charge in [-0.15, -0.1) is 0 Å². The Kier molecular flexibility index (Phi) is 4.99. The molecule has 0 unspecified atom stereocenters. The summed E-state index contributed by atoms with van der Waals surface area (Å²) in [6.07, 6.45) is 0. The molecule has 0 heterocycles. The average molecular weight is 293 g/mol. The van der Waals surface area contributed by atoms with E-state index in [1.165, 1.54) is 0 Å². The predicted octanol–water partition coefficient (Wildman–Crippen LogP) is 2.66. The van der Waals surface area contributed by atoms with Crippen molar-refractivity contribution in [3.8, 4) is 17.9 Å². The summed E-state index contributed by atoms with van der Waals surface area (Å²) in [4.78, 5) is 0. The lowest BCUT2D eigenvalue weighted by atomic mass is 10.3. The average Bonchev–Trinajstić information content (AvgIpc) is 2.34.